The molecule has 28 heavy (non-hydrogen) atoms. The number of carbonyl (C=O) groups is 2. The number of hydrogen-bond donors (Lipinski definition) is 1. The number of amides is 2. The van der Waals surface area contributed by atoms with Gasteiger partial charge in [0, 0.05) is 31.8 Å². The number of thioether (sulfide) groups is 1. The Morgan fingerprint density at radius 2 is 2.00 bits per heavy atom. The molecule has 152 valence electrons. The number of nitrogens with one attached hydrogen (secondary N) is 1. The zero-order valence-electron chi connectivity index (χ0n) is 16.4. The molecule has 0 aliphatic carbocycles. The fourth-order valence-corrected chi connectivity index (χ4v) is 5.75. The second kappa shape index (κ2) is 7.83. The maximum Gasteiger partial charge on any atom is 0.243 e. The number of likely N-dealkylation sites (tertiary alicyclic amines) is 1. The molecule has 1 aromatic rings. The van der Waals surface area contributed by atoms with Crippen LogP contribution in [0.2, 0.25) is 0 Å². The zero-order chi connectivity index (χ0) is 19.7. The van der Waals surface area contributed by atoms with E-state index in [0.717, 1.165) is 37.2 Å². The van der Waals surface area contributed by atoms with Gasteiger partial charge in [-0.1, -0.05) is 13.0 Å². The maximum absolute atomic E-state index is 13.0. The minimum atomic E-state index is -0.408. The molecule has 3 aliphatic heterocycles. The van der Waals surface area contributed by atoms with Gasteiger partial charge in [0.05, 0.1) is 4.87 Å². The molecule has 8 heteroatoms. The third-order valence-electron chi connectivity index (χ3n) is 5.81. The predicted octanol–water partition coefficient (Wildman–Crippen LogP) is 1.81. The van der Waals surface area contributed by atoms with Gasteiger partial charge in [-0.15, -0.1) is 11.8 Å². The van der Waals surface area contributed by atoms with Crippen LogP contribution in [0.5, 0.6) is 11.5 Å². The molecule has 2 fully saturated rings. The quantitative estimate of drug-likeness (QED) is 0.824. The molecular weight excluding hydrogens is 378 g/mol. The largest absolute Gasteiger partial charge is 0.454 e. The molecule has 0 aromatic heterocycles. The van der Waals surface area contributed by atoms with E-state index in [9.17, 15) is 9.59 Å². The Hall–Kier alpha value is -1.93. The third-order valence-corrected chi connectivity index (χ3v) is 7.43. The topological polar surface area (TPSA) is 71.1 Å². The van der Waals surface area contributed by atoms with Crippen LogP contribution in [0.3, 0.4) is 0 Å². The summed E-state index contributed by atoms with van der Waals surface area (Å²) < 4.78 is 10.7. The Bertz CT molecular complexity index is 764. The first-order valence-corrected chi connectivity index (χ1v) is 10.8. The molecule has 1 N–H and O–H groups in total. The number of fused-ring (bicyclic) bond motifs is 1. The molecule has 7 nitrogen and oxygen atoms in total. The molecule has 0 saturated carbocycles. The smallest absolute Gasteiger partial charge is 0.243 e. The average Bonchev–Trinajstić information content (AvgIpc) is 3.32. The van der Waals surface area contributed by atoms with Gasteiger partial charge >= 0.3 is 0 Å². The van der Waals surface area contributed by atoms with Crippen molar-refractivity contribution in [3.63, 3.8) is 0 Å². The Labute approximate surface area is 169 Å². The first-order valence-electron chi connectivity index (χ1n) is 9.83. The Morgan fingerprint density at radius 1 is 1.25 bits per heavy atom. The van der Waals surface area contributed by atoms with Crippen molar-refractivity contribution in [2.45, 2.75) is 43.6 Å². The molecule has 2 amide bonds. The second-order valence-electron chi connectivity index (χ2n) is 7.60. The number of piperidine rings is 1. The number of carbonyl (C=O) groups excluding carboxylic acids is 2. The molecule has 3 heterocycles. The third kappa shape index (κ3) is 3.55. The van der Waals surface area contributed by atoms with Crippen LogP contribution in [0.15, 0.2) is 18.2 Å². The molecule has 3 aliphatic rings. The van der Waals surface area contributed by atoms with Gasteiger partial charge in [-0.25, -0.2) is 0 Å². The SMILES string of the molecule is CCC(=O)N1[C@H](C(=O)NCc2ccc3c(c2)OCO3)CSC12CCN(C)CC2. The minimum absolute atomic E-state index is 0.0674. The normalized spacial score (nSPS) is 23.2. The predicted molar refractivity (Wildman–Crippen MR) is 107 cm³/mol. The number of benzene rings is 1. The van der Waals surface area contributed by atoms with Crippen molar-refractivity contribution in [1.82, 2.24) is 15.1 Å². The summed E-state index contributed by atoms with van der Waals surface area (Å²) in [6, 6.07) is 5.26. The van der Waals surface area contributed by atoms with E-state index in [1.807, 2.05) is 30.0 Å². The lowest BCUT2D eigenvalue weighted by Gasteiger charge is -2.44. The lowest BCUT2D eigenvalue weighted by molar-refractivity contribution is -0.143. The summed E-state index contributed by atoms with van der Waals surface area (Å²) in [5.41, 5.74) is 0.950. The van der Waals surface area contributed by atoms with Crippen molar-refractivity contribution in [2.24, 2.45) is 0 Å². The summed E-state index contributed by atoms with van der Waals surface area (Å²) in [6.45, 7) is 4.41. The van der Waals surface area contributed by atoms with Crippen molar-refractivity contribution in [3.05, 3.63) is 23.8 Å². The Kier molecular flexibility index (Phi) is 5.42. The summed E-state index contributed by atoms with van der Waals surface area (Å²) in [4.78, 5) is 29.7. The van der Waals surface area contributed by atoms with Crippen molar-refractivity contribution in [1.29, 1.82) is 0 Å². The summed E-state index contributed by atoms with van der Waals surface area (Å²) in [5, 5.41) is 3.02. The van der Waals surface area contributed by atoms with Crippen molar-refractivity contribution in [2.75, 3.05) is 32.7 Å². The van der Waals surface area contributed by atoms with Crippen LogP contribution in [-0.2, 0) is 16.1 Å². The van der Waals surface area contributed by atoms with Gasteiger partial charge in [0.25, 0.3) is 0 Å². The summed E-state index contributed by atoms with van der Waals surface area (Å²) in [6.07, 6.45) is 2.24. The van der Waals surface area contributed by atoms with Gasteiger partial charge in [-0.05, 0) is 37.6 Å². The van der Waals surface area contributed by atoms with Crippen LogP contribution in [-0.4, -0.2) is 65.2 Å². The van der Waals surface area contributed by atoms with E-state index in [2.05, 4.69) is 17.3 Å². The minimum Gasteiger partial charge on any atom is -0.454 e. The Morgan fingerprint density at radius 3 is 2.75 bits per heavy atom. The zero-order valence-corrected chi connectivity index (χ0v) is 17.2. The van der Waals surface area contributed by atoms with E-state index < -0.39 is 6.04 Å². The van der Waals surface area contributed by atoms with Gasteiger partial charge in [0.15, 0.2) is 11.5 Å². The van der Waals surface area contributed by atoms with E-state index >= 15 is 0 Å². The highest BCUT2D eigenvalue weighted by atomic mass is 32.2. The summed E-state index contributed by atoms with van der Waals surface area (Å²) in [7, 11) is 2.11. The number of rotatable bonds is 4. The van der Waals surface area contributed by atoms with Crippen LogP contribution in [0.25, 0.3) is 0 Å². The monoisotopic (exact) mass is 405 g/mol. The van der Waals surface area contributed by atoms with Crippen molar-refractivity contribution < 1.29 is 19.1 Å². The molecule has 1 spiro atoms. The van der Waals surface area contributed by atoms with Gasteiger partial charge in [0.2, 0.25) is 18.6 Å². The van der Waals surface area contributed by atoms with Gasteiger partial charge in [-0.2, -0.15) is 0 Å². The van der Waals surface area contributed by atoms with E-state index in [-0.39, 0.29) is 23.5 Å². The lowest BCUT2D eigenvalue weighted by Crippen LogP contribution is -2.57. The lowest BCUT2D eigenvalue weighted by atomic mass is 10.00. The standard InChI is InChI=1S/C20H27N3O4S/c1-3-18(24)23-15(12-28-20(23)6-8-22(2)9-7-20)19(25)21-11-14-4-5-16-17(10-14)27-13-26-16/h4-5,10,15H,3,6-9,11-13H2,1-2H3,(H,21,25)/t15-/m0/s1. The first-order chi connectivity index (χ1) is 13.5. The first kappa shape index (κ1) is 19.4. The van der Waals surface area contributed by atoms with E-state index in [4.69, 9.17) is 9.47 Å². The highest BCUT2D eigenvalue weighted by molar-refractivity contribution is 8.01. The Balaban J connectivity index is 1.44. The molecule has 2 saturated heterocycles. The van der Waals surface area contributed by atoms with E-state index in [1.165, 1.54) is 0 Å². The van der Waals surface area contributed by atoms with E-state index in [0.29, 0.717) is 24.5 Å². The molecule has 0 radical (unpaired) electrons. The number of ether oxygens (including phenoxy) is 2. The van der Waals surface area contributed by atoms with Crippen LogP contribution >= 0.6 is 11.8 Å². The maximum atomic E-state index is 13.0. The molecule has 0 bridgehead atoms. The fourth-order valence-electron chi connectivity index (χ4n) is 4.14. The van der Waals surface area contributed by atoms with E-state index in [1.54, 1.807) is 11.8 Å². The number of nitrogens with zero attached hydrogens (tertiary/aromatic N) is 2. The van der Waals surface area contributed by atoms with Gasteiger partial charge < -0.3 is 24.6 Å². The molecule has 4 rings (SSSR count). The molecule has 1 aromatic carbocycles. The van der Waals surface area contributed by atoms with Crippen LogP contribution < -0.4 is 14.8 Å². The highest BCUT2D eigenvalue weighted by Crippen LogP contribution is 2.46. The number of hydrogen-bond acceptors (Lipinski definition) is 6. The van der Waals surface area contributed by atoms with Crippen molar-refractivity contribution >= 4 is 23.6 Å². The van der Waals surface area contributed by atoms with Gasteiger partial charge in [0.1, 0.15) is 6.04 Å². The fraction of sp³-hybridized carbons (Fsp3) is 0.600. The second-order valence-corrected chi connectivity index (χ2v) is 8.98. The molecular formula is C20H27N3O4S. The van der Waals surface area contributed by atoms with Gasteiger partial charge in [-0.3, -0.25) is 9.59 Å². The summed E-state index contributed by atoms with van der Waals surface area (Å²) >= 11 is 1.77. The van der Waals surface area contributed by atoms with Crippen LogP contribution in [0, 0.1) is 0 Å². The molecule has 0 unspecified atom stereocenters. The average molecular weight is 406 g/mol. The van der Waals surface area contributed by atoms with Crippen LogP contribution in [0.1, 0.15) is 31.7 Å². The molecule has 1 atom stereocenters. The summed E-state index contributed by atoms with van der Waals surface area (Å²) in [5.74, 6) is 2.07. The van der Waals surface area contributed by atoms with Crippen molar-refractivity contribution in [3.8, 4) is 11.5 Å². The van der Waals surface area contributed by atoms with Crippen LogP contribution in [0.4, 0.5) is 0 Å². The highest BCUT2D eigenvalue weighted by Gasteiger charge is 2.52.